The molecule has 0 radical (unpaired) electrons. The molecule has 334 valence electrons. The van der Waals surface area contributed by atoms with Gasteiger partial charge >= 0.3 is 17.8 Å². The molecule has 1 unspecified atom stereocenters. The van der Waals surface area contributed by atoms with Crippen LogP contribution in [0.5, 0.6) is 0 Å². The molecule has 59 heavy (non-hydrogen) atoms. The first kappa shape index (κ1) is 51.3. The molecule has 1 aromatic carbocycles. The number of hydrogen-bond donors (Lipinski definition) is 2. The van der Waals surface area contributed by atoms with E-state index >= 15 is 0 Å². The van der Waals surface area contributed by atoms with Crippen molar-refractivity contribution in [1.29, 1.82) is 0 Å². The molecule has 2 aliphatic rings. The lowest BCUT2D eigenvalue weighted by Gasteiger charge is -2.44. The van der Waals surface area contributed by atoms with Crippen LogP contribution in [-0.4, -0.2) is 85.0 Å². The number of hydrogen-bond acceptors (Lipinski definition) is 13. The second kappa shape index (κ2) is 22.1. The van der Waals surface area contributed by atoms with Crippen molar-refractivity contribution < 1.29 is 74.2 Å². The minimum atomic E-state index is -5.13. The number of hydroxylamine groups is 2. The first-order valence-electron chi connectivity index (χ1n) is 19.2. The molecule has 1 fully saturated rings. The van der Waals surface area contributed by atoms with Crippen LogP contribution in [0.2, 0.25) is 0 Å². The van der Waals surface area contributed by atoms with Gasteiger partial charge in [0.2, 0.25) is 0 Å². The zero-order valence-corrected chi connectivity index (χ0v) is 34.4. The van der Waals surface area contributed by atoms with Crippen molar-refractivity contribution in [2.24, 2.45) is 0 Å². The number of imide groups is 1. The average molecular weight is 883 g/mol. The van der Waals surface area contributed by atoms with Gasteiger partial charge in [0.25, 0.3) is 11.8 Å². The van der Waals surface area contributed by atoms with Crippen LogP contribution >= 0.6 is 0 Å². The summed E-state index contributed by atoms with van der Waals surface area (Å²) in [5.41, 5.74) is 3.91. The monoisotopic (exact) mass is 882 g/mol. The molecule has 16 nitrogen and oxygen atoms in total. The van der Waals surface area contributed by atoms with E-state index in [0.29, 0.717) is 12.8 Å². The molecule has 4 rings (SSSR count). The van der Waals surface area contributed by atoms with E-state index < -0.39 is 89.3 Å². The fraction of sp³-hybridized carbons (Fsp3) is 0.632. The quantitative estimate of drug-likeness (QED) is 0.0834. The first-order chi connectivity index (χ1) is 27.0. The Labute approximate surface area is 342 Å². The molecular weight excluding hydrogens is 826 g/mol. The van der Waals surface area contributed by atoms with Crippen molar-refractivity contribution in [2.75, 3.05) is 30.3 Å². The fourth-order valence-corrected chi connectivity index (χ4v) is 8.19. The smallest absolute Gasteiger partial charge is 0.417 e. The Balaban J connectivity index is 0.000000738. The van der Waals surface area contributed by atoms with Gasteiger partial charge < -0.3 is 34.7 Å². The summed E-state index contributed by atoms with van der Waals surface area (Å²) < 4.78 is 115. The minimum Gasteiger partial charge on any atom is -0.748 e. The highest BCUT2D eigenvalue weighted by atomic mass is 32.2. The van der Waals surface area contributed by atoms with Crippen LogP contribution in [0.4, 0.5) is 18.9 Å². The second-order valence-corrected chi connectivity index (χ2v) is 17.9. The van der Waals surface area contributed by atoms with Crippen molar-refractivity contribution in [3.63, 3.8) is 0 Å². The van der Waals surface area contributed by atoms with Gasteiger partial charge in [0, 0.05) is 41.7 Å². The largest absolute Gasteiger partial charge is 0.748 e. The van der Waals surface area contributed by atoms with Crippen molar-refractivity contribution in [3.8, 4) is 0 Å². The highest BCUT2D eigenvalue weighted by molar-refractivity contribution is 7.87. The number of unbranched alkanes of at least 4 members (excludes halogenated alkanes) is 10. The van der Waals surface area contributed by atoms with Crippen LogP contribution in [0.25, 0.3) is 16.5 Å². The van der Waals surface area contributed by atoms with Crippen LogP contribution in [0.1, 0.15) is 122 Å². The third-order valence-electron chi connectivity index (χ3n) is 9.72. The maximum Gasteiger partial charge on any atom is 0.417 e. The Morgan fingerprint density at radius 1 is 0.881 bits per heavy atom. The number of fused-ring (bicyclic) bond motifs is 2. The molecule has 1 atom stereocenters. The van der Waals surface area contributed by atoms with E-state index in [1.54, 1.807) is 18.7 Å². The highest BCUT2D eigenvalue weighted by Crippen LogP contribution is 2.44. The molecule has 3 heterocycles. The maximum absolute atomic E-state index is 13.8. The highest BCUT2D eigenvalue weighted by Gasteiger charge is 2.45. The number of carbonyl (C=O) groups is 3. The van der Waals surface area contributed by atoms with Gasteiger partial charge in [-0.3, -0.25) is 9.59 Å². The number of rotatable bonds is 20. The summed E-state index contributed by atoms with van der Waals surface area (Å²) in [7, 11) is -9.99. The summed E-state index contributed by atoms with van der Waals surface area (Å²) in [5, 5.41) is -2.74. The molecule has 0 aliphatic carbocycles. The van der Waals surface area contributed by atoms with Gasteiger partial charge in [-0.15, -0.1) is 5.06 Å². The van der Waals surface area contributed by atoms with E-state index in [9.17, 15) is 58.3 Å². The van der Waals surface area contributed by atoms with E-state index in [1.165, 1.54) is 69.9 Å². The number of carbonyl (C=O) groups excluding carboxylic acids is 3. The van der Waals surface area contributed by atoms with Crippen molar-refractivity contribution in [3.05, 3.63) is 45.8 Å². The van der Waals surface area contributed by atoms with Crippen LogP contribution in [-0.2, 0) is 45.6 Å². The summed E-state index contributed by atoms with van der Waals surface area (Å²) in [5.74, 6) is -4.67. The van der Waals surface area contributed by atoms with Crippen molar-refractivity contribution in [1.82, 2.24) is 5.06 Å². The summed E-state index contributed by atoms with van der Waals surface area (Å²) in [6, 6.07) is 2.47. The molecule has 2 aromatic rings. The number of halogens is 3. The zero-order valence-electron chi connectivity index (χ0n) is 32.8. The van der Waals surface area contributed by atoms with Gasteiger partial charge in [-0.05, 0) is 64.0 Å². The zero-order chi connectivity index (χ0) is 43.5. The molecule has 2 amide bonds. The number of alkyl halides is 3. The van der Waals surface area contributed by atoms with E-state index in [1.807, 2.05) is 0 Å². The molecule has 0 saturated carbocycles. The SMILES string of the molecule is C.CC1(C)C=C(CS(=O)(=O)[O-])c2cc3c(C(F)(F)F)cc(=O)oc3cc2N1CCCCCC(=O)ON1C(=O)CC(S(=O)(=O)[O-])C1=O.[NH3+]CCCCCCCCCCC[NH3+]. The number of nitrogens with zero attached hydrogens (tertiary/aromatic N) is 2. The van der Waals surface area contributed by atoms with Crippen molar-refractivity contribution in [2.45, 2.75) is 128 Å². The molecule has 21 heteroatoms. The summed E-state index contributed by atoms with van der Waals surface area (Å²) in [4.78, 5) is 54.3. The van der Waals surface area contributed by atoms with Gasteiger partial charge in [-0.25, -0.2) is 26.4 Å². The van der Waals surface area contributed by atoms with Gasteiger partial charge in [0.05, 0.1) is 46.5 Å². The third kappa shape index (κ3) is 15.3. The average Bonchev–Trinajstić information content (AvgIpc) is 3.39. The second-order valence-electron chi connectivity index (χ2n) is 14.9. The van der Waals surface area contributed by atoms with Crippen LogP contribution in [0, 0.1) is 0 Å². The topological polar surface area (TPSA) is 267 Å². The molecular formula is C38H57F3N4O12S2. The summed E-state index contributed by atoms with van der Waals surface area (Å²) >= 11 is 0. The lowest BCUT2D eigenvalue weighted by atomic mass is 9.87. The third-order valence-corrected chi connectivity index (χ3v) is 11.5. The van der Waals surface area contributed by atoms with Gasteiger partial charge in [0.15, 0.2) is 0 Å². The van der Waals surface area contributed by atoms with E-state index in [0.717, 1.165) is 19.2 Å². The summed E-state index contributed by atoms with van der Waals surface area (Å²) in [6.45, 7) is 5.74. The van der Waals surface area contributed by atoms with Gasteiger partial charge in [0.1, 0.15) is 21.0 Å². The minimum absolute atomic E-state index is 0. The fourth-order valence-electron chi connectivity index (χ4n) is 6.88. The van der Waals surface area contributed by atoms with E-state index in [2.05, 4.69) is 16.3 Å². The van der Waals surface area contributed by atoms with Crippen LogP contribution in [0.15, 0.2) is 33.5 Å². The Bertz CT molecular complexity index is 2080. The molecule has 1 saturated heterocycles. The molecule has 0 spiro atoms. The Kier molecular flexibility index (Phi) is 19.2. The normalized spacial score (nSPS) is 16.6. The van der Waals surface area contributed by atoms with Gasteiger partial charge in [-0.1, -0.05) is 52.0 Å². The molecule has 1 aromatic heterocycles. The van der Waals surface area contributed by atoms with Crippen LogP contribution < -0.4 is 22.0 Å². The Morgan fingerprint density at radius 2 is 1.42 bits per heavy atom. The Hall–Kier alpha value is -3.89. The molecule has 2 aliphatic heterocycles. The predicted octanol–water partition coefficient (Wildman–Crippen LogP) is 3.65. The molecule has 6 N–H and O–H groups in total. The van der Waals surface area contributed by atoms with Crippen molar-refractivity contribution >= 4 is 60.2 Å². The number of benzene rings is 1. The number of anilines is 1. The lowest BCUT2D eigenvalue weighted by molar-refractivity contribution is -0.368. The number of quaternary nitrogens is 2. The summed E-state index contributed by atoms with van der Waals surface area (Å²) in [6.07, 6.45) is 8.62. The van der Waals surface area contributed by atoms with E-state index in [4.69, 9.17) is 4.42 Å². The Morgan fingerprint density at radius 3 is 1.92 bits per heavy atom. The predicted molar refractivity (Wildman–Crippen MR) is 210 cm³/mol. The number of amides is 2. The molecule has 0 bridgehead atoms. The standard InChI is InChI=1S/C26H27F3N2O12S2.C11H26N2.CH4/c1-25(2)12-14(13-44(36,37)38)15-8-16-17(26(27,28)29)9-23(34)42-19(16)10-18(15)30(25)7-5-3-4-6-22(33)43-31-21(32)11-20(24(31)35)45(39,40)41;12-10-8-6-4-2-1-3-5-7-9-11-13;/h8-10,12,20H,3-7,11,13H2,1-2H3,(H,36,37,38)(H,39,40,41);1-13H2;1H4. The van der Waals surface area contributed by atoms with Gasteiger partial charge in [-0.2, -0.15) is 13.2 Å². The lowest BCUT2D eigenvalue weighted by Crippen LogP contribution is -2.50. The van der Waals surface area contributed by atoms with Crippen LogP contribution in [0.3, 0.4) is 0 Å². The first-order valence-corrected chi connectivity index (χ1v) is 22.3. The maximum atomic E-state index is 13.8. The van der Waals surface area contributed by atoms with E-state index in [-0.39, 0.29) is 54.8 Å².